The Hall–Kier alpha value is -0.660. The Morgan fingerprint density at radius 2 is 2.07 bits per heavy atom. The van der Waals surface area contributed by atoms with Crippen molar-refractivity contribution in [3.8, 4) is 0 Å². The van der Waals surface area contributed by atoms with Crippen LogP contribution in [-0.2, 0) is 19.7 Å². The maximum absolute atomic E-state index is 11.7. The van der Waals surface area contributed by atoms with Crippen molar-refractivity contribution in [1.29, 1.82) is 0 Å². The molecule has 0 saturated carbocycles. The van der Waals surface area contributed by atoms with Crippen LogP contribution in [0, 0.1) is 0 Å². The van der Waals surface area contributed by atoms with Gasteiger partial charge in [0.2, 0.25) is 0 Å². The van der Waals surface area contributed by atoms with Crippen LogP contribution in [0.1, 0.15) is 12.8 Å². The predicted octanol–water partition coefficient (Wildman–Crippen LogP) is -0.568. The molecule has 15 heavy (non-hydrogen) atoms. The van der Waals surface area contributed by atoms with Gasteiger partial charge in [0.15, 0.2) is 0 Å². The maximum atomic E-state index is 11.7. The molecule has 1 aliphatic heterocycles. The third kappa shape index (κ3) is 2.90. The van der Waals surface area contributed by atoms with Gasteiger partial charge in [-0.25, -0.2) is 0 Å². The monoisotopic (exact) mass is 236 g/mol. The quantitative estimate of drug-likeness (QED) is 0.600. The minimum Gasteiger partial charge on any atom is -0.469 e. The van der Waals surface area contributed by atoms with Crippen molar-refractivity contribution in [3.05, 3.63) is 0 Å². The lowest BCUT2D eigenvalue weighted by atomic mass is 10.3. The summed E-state index contributed by atoms with van der Waals surface area (Å²) in [5, 5.41) is 0. The first-order chi connectivity index (χ1) is 6.98. The van der Waals surface area contributed by atoms with Gasteiger partial charge in [0.1, 0.15) is 0 Å². The van der Waals surface area contributed by atoms with Crippen LogP contribution in [0.15, 0.2) is 0 Å². The first kappa shape index (κ1) is 12.4. The summed E-state index contributed by atoms with van der Waals surface area (Å²) in [5.41, 5.74) is 0. The molecule has 1 saturated heterocycles. The Bertz CT molecular complexity index is 324. The number of nitrogens with zero attached hydrogens (tertiary/aromatic N) is 2. The number of carbonyl (C=O) groups is 1. The SMILES string of the molecule is COC(=O)CCN(C)S(=O)(=O)N1CCC1. The highest BCUT2D eigenvalue weighted by Crippen LogP contribution is 2.15. The second-order valence-corrected chi connectivity index (χ2v) is 5.44. The summed E-state index contributed by atoms with van der Waals surface area (Å²) in [7, 11) is -0.594. The van der Waals surface area contributed by atoms with Crippen molar-refractivity contribution in [2.24, 2.45) is 0 Å². The number of hydrogen-bond donors (Lipinski definition) is 0. The van der Waals surface area contributed by atoms with Crippen LogP contribution in [-0.4, -0.2) is 56.8 Å². The van der Waals surface area contributed by atoms with E-state index in [9.17, 15) is 13.2 Å². The lowest BCUT2D eigenvalue weighted by Gasteiger charge is -2.33. The fraction of sp³-hybridized carbons (Fsp3) is 0.875. The topological polar surface area (TPSA) is 66.9 Å². The fourth-order valence-corrected chi connectivity index (χ4v) is 2.62. The zero-order valence-corrected chi connectivity index (χ0v) is 9.79. The van der Waals surface area contributed by atoms with Gasteiger partial charge in [-0.3, -0.25) is 4.79 Å². The molecule has 1 rings (SSSR count). The van der Waals surface area contributed by atoms with Gasteiger partial charge in [-0.1, -0.05) is 0 Å². The molecule has 0 aromatic carbocycles. The van der Waals surface area contributed by atoms with Crippen LogP contribution in [0.3, 0.4) is 0 Å². The Labute approximate surface area is 90.0 Å². The molecule has 0 bridgehead atoms. The van der Waals surface area contributed by atoms with Crippen LogP contribution in [0.5, 0.6) is 0 Å². The summed E-state index contributed by atoms with van der Waals surface area (Å²) in [4.78, 5) is 10.8. The minimum atomic E-state index is -3.35. The van der Waals surface area contributed by atoms with Crippen LogP contribution in [0.4, 0.5) is 0 Å². The number of esters is 1. The lowest BCUT2D eigenvalue weighted by Crippen LogP contribution is -2.49. The van der Waals surface area contributed by atoms with Crippen LogP contribution >= 0.6 is 0 Å². The summed E-state index contributed by atoms with van der Waals surface area (Å²) >= 11 is 0. The molecule has 1 heterocycles. The molecule has 0 atom stereocenters. The number of hydrogen-bond acceptors (Lipinski definition) is 4. The van der Waals surface area contributed by atoms with Gasteiger partial charge in [-0.05, 0) is 6.42 Å². The molecule has 0 aromatic rings. The zero-order chi connectivity index (χ0) is 11.5. The van der Waals surface area contributed by atoms with Crippen LogP contribution in [0.25, 0.3) is 0 Å². The highest BCUT2D eigenvalue weighted by Gasteiger charge is 2.31. The first-order valence-corrected chi connectivity index (χ1v) is 6.16. The second kappa shape index (κ2) is 4.91. The van der Waals surface area contributed by atoms with Crippen molar-refractivity contribution in [2.45, 2.75) is 12.8 Å². The van der Waals surface area contributed by atoms with Crippen molar-refractivity contribution >= 4 is 16.2 Å². The minimum absolute atomic E-state index is 0.0834. The molecule has 1 fully saturated rings. The number of ether oxygens (including phenoxy) is 1. The molecular weight excluding hydrogens is 220 g/mol. The average Bonchev–Trinajstić information content (AvgIpc) is 2.09. The second-order valence-electron chi connectivity index (χ2n) is 3.41. The molecule has 0 aliphatic carbocycles. The Morgan fingerprint density at radius 1 is 1.47 bits per heavy atom. The van der Waals surface area contributed by atoms with Gasteiger partial charge in [0, 0.05) is 26.7 Å². The van der Waals surface area contributed by atoms with Crippen molar-refractivity contribution in [2.75, 3.05) is 33.8 Å². The van der Waals surface area contributed by atoms with E-state index in [1.165, 1.54) is 22.8 Å². The highest BCUT2D eigenvalue weighted by molar-refractivity contribution is 7.86. The summed E-state index contributed by atoms with van der Waals surface area (Å²) in [5.74, 6) is -0.402. The van der Waals surface area contributed by atoms with E-state index < -0.39 is 16.2 Å². The molecule has 6 nitrogen and oxygen atoms in total. The Kier molecular flexibility index (Phi) is 4.06. The smallest absolute Gasteiger partial charge is 0.306 e. The fourth-order valence-electron chi connectivity index (χ4n) is 1.18. The Morgan fingerprint density at radius 3 is 2.47 bits per heavy atom. The third-order valence-corrected chi connectivity index (χ3v) is 4.38. The highest BCUT2D eigenvalue weighted by atomic mass is 32.2. The number of rotatable bonds is 5. The van der Waals surface area contributed by atoms with E-state index in [0.717, 1.165) is 6.42 Å². The van der Waals surface area contributed by atoms with E-state index in [0.29, 0.717) is 13.1 Å². The lowest BCUT2D eigenvalue weighted by molar-refractivity contribution is -0.140. The standard InChI is InChI=1S/C8H16N2O4S/c1-9(7-4-8(11)14-2)15(12,13)10-5-3-6-10/h3-7H2,1-2H3. The molecular formula is C8H16N2O4S. The van der Waals surface area contributed by atoms with Gasteiger partial charge in [0.25, 0.3) is 10.2 Å². The molecule has 0 N–H and O–H groups in total. The third-order valence-electron chi connectivity index (χ3n) is 2.39. The van der Waals surface area contributed by atoms with Gasteiger partial charge >= 0.3 is 5.97 Å². The molecule has 0 aromatic heterocycles. The zero-order valence-electron chi connectivity index (χ0n) is 8.97. The molecule has 0 spiro atoms. The summed E-state index contributed by atoms with van der Waals surface area (Å²) in [6, 6.07) is 0. The van der Waals surface area contributed by atoms with Gasteiger partial charge in [-0.15, -0.1) is 0 Å². The van der Waals surface area contributed by atoms with Crippen molar-refractivity contribution in [3.63, 3.8) is 0 Å². The predicted molar refractivity (Wildman–Crippen MR) is 54.4 cm³/mol. The van der Waals surface area contributed by atoms with E-state index in [1.807, 2.05) is 0 Å². The first-order valence-electron chi connectivity index (χ1n) is 4.76. The summed E-state index contributed by atoms with van der Waals surface area (Å²) in [6.45, 7) is 1.31. The molecule has 0 unspecified atom stereocenters. The van der Waals surface area contributed by atoms with Crippen molar-refractivity contribution < 1.29 is 17.9 Å². The van der Waals surface area contributed by atoms with E-state index in [1.54, 1.807) is 0 Å². The van der Waals surface area contributed by atoms with Crippen LogP contribution in [0.2, 0.25) is 0 Å². The number of carbonyl (C=O) groups excluding carboxylic acids is 1. The van der Waals surface area contributed by atoms with Gasteiger partial charge in [0.05, 0.1) is 13.5 Å². The van der Waals surface area contributed by atoms with Crippen molar-refractivity contribution in [1.82, 2.24) is 8.61 Å². The number of methoxy groups -OCH3 is 1. The van der Waals surface area contributed by atoms with Gasteiger partial charge in [-0.2, -0.15) is 17.0 Å². The molecule has 88 valence electrons. The molecule has 0 amide bonds. The molecule has 1 aliphatic rings. The van der Waals surface area contributed by atoms with E-state index in [-0.39, 0.29) is 13.0 Å². The maximum Gasteiger partial charge on any atom is 0.306 e. The summed E-state index contributed by atoms with van der Waals surface area (Å²) < 4.78 is 30.4. The molecule has 0 radical (unpaired) electrons. The van der Waals surface area contributed by atoms with Crippen LogP contribution < -0.4 is 0 Å². The Balaban J connectivity index is 2.45. The summed E-state index contributed by atoms with van der Waals surface area (Å²) in [6.07, 6.45) is 0.990. The molecule has 7 heteroatoms. The van der Waals surface area contributed by atoms with E-state index in [2.05, 4.69) is 4.74 Å². The average molecular weight is 236 g/mol. The van der Waals surface area contributed by atoms with Gasteiger partial charge < -0.3 is 4.74 Å². The van der Waals surface area contributed by atoms with E-state index in [4.69, 9.17) is 0 Å². The largest absolute Gasteiger partial charge is 0.469 e. The normalized spacial score (nSPS) is 17.5. The van der Waals surface area contributed by atoms with E-state index >= 15 is 0 Å².